The molecule has 2 saturated heterocycles. The molecule has 3 N–H and O–H groups in total. The number of hydrogen-bond donors (Lipinski definition) is 3. The number of carbonyl (C=O) groups is 1. The Hall–Kier alpha value is -0.890. The number of morpholine rings is 1. The van der Waals surface area contributed by atoms with Crippen molar-refractivity contribution in [2.24, 2.45) is 0 Å². The summed E-state index contributed by atoms with van der Waals surface area (Å²) in [5, 5.41) is 15.7. The van der Waals surface area contributed by atoms with Gasteiger partial charge < -0.3 is 20.5 Å². The van der Waals surface area contributed by atoms with Gasteiger partial charge in [0.25, 0.3) is 0 Å². The van der Waals surface area contributed by atoms with Gasteiger partial charge in [0.1, 0.15) is 0 Å². The smallest absolute Gasteiger partial charge is 0.237 e. The molecule has 0 aliphatic carbocycles. The SMILES string of the molecule is Cc1ccc(C(CNC(=O)C2CC(O)CN2)N2CCOCC2)cc1.Cl.Cl. The van der Waals surface area contributed by atoms with Crippen molar-refractivity contribution in [1.29, 1.82) is 0 Å². The zero-order valence-corrected chi connectivity index (χ0v) is 16.7. The second-order valence-corrected chi connectivity index (χ2v) is 6.67. The van der Waals surface area contributed by atoms with Crippen molar-refractivity contribution in [2.75, 3.05) is 39.4 Å². The van der Waals surface area contributed by atoms with Crippen molar-refractivity contribution in [3.8, 4) is 0 Å². The molecule has 6 nitrogen and oxygen atoms in total. The van der Waals surface area contributed by atoms with Gasteiger partial charge in [0.05, 0.1) is 31.4 Å². The van der Waals surface area contributed by atoms with E-state index in [9.17, 15) is 9.90 Å². The quantitative estimate of drug-likeness (QED) is 0.682. The summed E-state index contributed by atoms with van der Waals surface area (Å²) in [6.45, 7) is 6.33. The zero-order valence-electron chi connectivity index (χ0n) is 15.0. The monoisotopic (exact) mass is 405 g/mol. The van der Waals surface area contributed by atoms with Crippen LogP contribution in [0, 0.1) is 6.92 Å². The van der Waals surface area contributed by atoms with E-state index in [1.165, 1.54) is 11.1 Å². The molecule has 1 aromatic carbocycles. The molecule has 148 valence electrons. The molecule has 2 fully saturated rings. The van der Waals surface area contributed by atoms with E-state index in [-0.39, 0.29) is 42.8 Å². The van der Waals surface area contributed by atoms with Crippen molar-refractivity contribution in [2.45, 2.75) is 31.5 Å². The molecule has 1 aromatic rings. The number of aliphatic hydroxyl groups excluding tert-OH is 1. The molecule has 26 heavy (non-hydrogen) atoms. The third kappa shape index (κ3) is 6.08. The maximum atomic E-state index is 12.3. The average Bonchev–Trinajstić information content (AvgIpc) is 3.04. The number of ether oxygens (including phenoxy) is 1. The first-order valence-electron chi connectivity index (χ1n) is 8.71. The van der Waals surface area contributed by atoms with Crippen LogP contribution in [0.4, 0.5) is 0 Å². The van der Waals surface area contributed by atoms with Gasteiger partial charge in [0.15, 0.2) is 0 Å². The van der Waals surface area contributed by atoms with Gasteiger partial charge in [-0.15, -0.1) is 24.8 Å². The van der Waals surface area contributed by atoms with E-state index in [2.05, 4.69) is 46.7 Å². The van der Waals surface area contributed by atoms with E-state index < -0.39 is 6.10 Å². The van der Waals surface area contributed by atoms with Crippen molar-refractivity contribution < 1.29 is 14.6 Å². The maximum absolute atomic E-state index is 12.3. The fraction of sp³-hybridized carbons (Fsp3) is 0.611. The first kappa shape index (κ1) is 23.1. The van der Waals surface area contributed by atoms with Crippen LogP contribution in [0.15, 0.2) is 24.3 Å². The van der Waals surface area contributed by atoms with Crippen LogP contribution >= 0.6 is 24.8 Å². The van der Waals surface area contributed by atoms with Gasteiger partial charge in [-0.1, -0.05) is 29.8 Å². The highest BCUT2D eigenvalue weighted by Crippen LogP contribution is 2.22. The number of halogens is 2. The molecular weight excluding hydrogens is 377 g/mol. The van der Waals surface area contributed by atoms with E-state index in [1.54, 1.807) is 0 Å². The van der Waals surface area contributed by atoms with E-state index >= 15 is 0 Å². The van der Waals surface area contributed by atoms with E-state index in [0.717, 1.165) is 26.3 Å². The molecule has 1 amide bonds. The average molecular weight is 406 g/mol. The van der Waals surface area contributed by atoms with E-state index in [1.807, 2.05) is 0 Å². The zero-order chi connectivity index (χ0) is 16.9. The Bertz CT molecular complexity index is 553. The van der Waals surface area contributed by atoms with E-state index in [0.29, 0.717) is 19.5 Å². The van der Waals surface area contributed by atoms with Crippen molar-refractivity contribution in [3.63, 3.8) is 0 Å². The summed E-state index contributed by atoms with van der Waals surface area (Å²) in [6, 6.07) is 8.35. The highest BCUT2D eigenvalue weighted by molar-refractivity contribution is 5.85. The van der Waals surface area contributed by atoms with Crippen LogP contribution in [-0.4, -0.2) is 67.5 Å². The normalized spacial score (nSPS) is 24.2. The Morgan fingerprint density at radius 1 is 1.31 bits per heavy atom. The van der Waals surface area contributed by atoms with Gasteiger partial charge >= 0.3 is 0 Å². The first-order valence-corrected chi connectivity index (χ1v) is 8.71. The standard InChI is InChI=1S/C18H27N3O3.2ClH/c1-13-2-4-14(5-3-13)17(21-6-8-24-9-7-21)12-20-18(23)16-10-15(22)11-19-16;;/h2-5,15-17,19,22H,6-12H2,1H3,(H,20,23);2*1H. The predicted molar refractivity (Wildman–Crippen MR) is 106 cm³/mol. The van der Waals surface area contributed by atoms with Gasteiger partial charge in [-0.25, -0.2) is 0 Å². The minimum atomic E-state index is -0.423. The number of rotatable bonds is 5. The summed E-state index contributed by atoms with van der Waals surface area (Å²) >= 11 is 0. The minimum absolute atomic E-state index is 0. The van der Waals surface area contributed by atoms with Crippen LogP contribution in [0.5, 0.6) is 0 Å². The molecule has 3 atom stereocenters. The summed E-state index contributed by atoms with van der Waals surface area (Å²) in [5.41, 5.74) is 2.44. The number of nitrogens with zero attached hydrogens (tertiary/aromatic N) is 1. The lowest BCUT2D eigenvalue weighted by atomic mass is 10.0. The number of nitrogens with one attached hydrogen (secondary N) is 2. The number of carbonyl (C=O) groups excluding carboxylic acids is 1. The number of aryl methyl sites for hydroxylation is 1. The molecule has 3 unspecified atom stereocenters. The molecule has 0 saturated carbocycles. The summed E-state index contributed by atoms with van der Waals surface area (Å²) < 4.78 is 5.46. The Labute approximate surface area is 167 Å². The fourth-order valence-corrected chi connectivity index (χ4v) is 3.37. The molecule has 2 aliphatic heterocycles. The molecule has 0 radical (unpaired) electrons. The van der Waals surface area contributed by atoms with Crippen molar-refractivity contribution in [1.82, 2.24) is 15.5 Å². The number of β-amino-alcohol motifs (C(OH)–C–C–N with tert-alkyl or cyclic N) is 1. The third-order valence-corrected chi connectivity index (χ3v) is 4.84. The van der Waals surface area contributed by atoms with E-state index in [4.69, 9.17) is 4.74 Å². The summed E-state index contributed by atoms with van der Waals surface area (Å²) in [4.78, 5) is 14.7. The van der Waals surface area contributed by atoms with Crippen LogP contribution in [0.1, 0.15) is 23.6 Å². The van der Waals surface area contributed by atoms with Gasteiger partial charge in [0.2, 0.25) is 5.91 Å². The predicted octanol–water partition coefficient (Wildman–Crippen LogP) is 1.05. The van der Waals surface area contributed by atoms with Crippen LogP contribution in [0.2, 0.25) is 0 Å². The molecule has 3 rings (SSSR count). The lowest BCUT2D eigenvalue weighted by Crippen LogP contribution is -2.47. The van der Waals surface area contributed by atoms with Crippen LogP contribution in [0.25, 0.3) is 0 Å². The number of amides is 1. The first-order chi connectivity index (χ1) is 11.6. The Balaban J connectivity index is 0.00000169. The molecule has 0 spiro atoms. The highest BCUT2D eigenvalue weighted by Gasteiger charge is 2.29. The number of benzene rings is 1. The van der Waals surface area contributed by atoms with Gasteiger partial charge in [0, 0.05) is 26.2 Å². The number of hydrogen-bond acceptors (Lipinski definition) is 5. The number of aliphatic hydroxyl groups is 1. The molecule has 2 aliphatic rings. The third-order valence-electron chi connectivity index (χ3n) is 4.84. The second kappa shape index (κ2) is 11.1. The largest absolute Gasteiger partial charge is 0.392 e. The molecule has 8 heteroatoms. The van der Waals surface area contributed by atoms with Crippen LogP contribution in [-0.2, 0) is 9.53 Å². The minimum Gasteiger partial charge on any atom is -0.392 e. The molecular formula is C18H29Cl2N3O3. The van der Waals surface area contributed by atoms with Crippen molar-refractivity contribution >= 4 is 30.7 Å². The van der Waals surface area contributed by atoms with Crippen LogP contribution in [0.3, 0.4) is 0 Å². The topological polar surface area (TPSA) is 73.8 Å². The lowest BCUT2D eigenvalue weighted by Gasteiger charge is -2.35. The Morgan fingerprint density at radius 2 is 1.96 bits per heavy atom. The fourth-order valence-electron chi connectivity index (χ4n) is 3.37. The Kier molecular flexibility index (Phi) is 9.85. The maximum Gasteiger partial charge on any atom is 0.237 e. The van der Waals surface area contributed by atoms with Crippen molar-refractivity contribution in [3.05, 3.63) is 35.4 Å². The molecule has 0 aromatic heterocycles. The van der Waals surface area contributed by atoms with Gasteiger partial charge in [-0.2, -0.15) is 0 Å². The lowest BCUT2D eigenvalue weighted by molar-refractivity contribution is -0.123. The van der Waals surface area contributed by atoms with Gasteiger partial charge in [-0.3, -0.25) is 9.69 Å². The Morgan fingerprint density at radius 3 is 2.54 bits per heavy atom. The summed E-state index contributed by atoms with van der Waals surface area (Å²) in [5.74, 6) is -0.0306. The summed E-state index contributed by atoms with van der Waals surface area (Å²) in [6.07, 6.45) is 0.0615. The second-order valence-electron chi connectivity index (χ2n) is 6.67. The van der Waals surface area contributed by atoms with Gasteiger partial charge in [-0.05, 0) is 18.9 Å². The summed E-state index contributed by atoms with van der Waals surface area (Å²) in [7, 11) is 0. The molecule has 2 heterocycles. The highest BCUT2D eigenvalue weighted by atomic mass is 35.5. The van der Waals surface area contributed by atoms with Crippen LogP contribution < -0.4 is 10.6 Å². The molecule has 0 bridgehead atoms.